The van der Waals surface area contributed by atoms with Crippen LogP contribution < -0.4 is 0 Å². The number of hydrogen-bond acceptors (Lipinski definition) is 2. The van der Waals surface area contributed by atoms with Gasteiger partial charge >= 0.3 is 0 Å². The summed E-state index contributed by atoms with van der Waals surface area (Å²) in [6.07, 6.45) is 0.791. The molecule has 1 aromatic rings. The molecule has 0 saturated carbocycles. The standard InChI is InChI=1S/C16H23ClO2/c1-12-11-18-16(19-12,9-10-17)14-7-5-13(6-8-14)15(2,3)4/h5-8,12H,9-11H2,1-4H3. The maximum atomic E-state index is 5.99. The monoisotopic (exact) mass is 282 g/mol. The number of benzene rings is 1. The van der Waals surface area contributed by atoms with Crippen LogP contribution in [0.1, 0.15) is 45.2 Å². The summed E-state index contributed by atoms with van der Waals surface area (Å²) in [5, 5.41) is 0. The fourth-order valence-corrected chi connectivity index (χ4v) is 2.67. The second-order valence-corrected chi connectivity index (χ2v) is 6.64. The van der Waals surface area contributed by atoms with Crippen molar-refractivity contribution in [2.45, 2.75) is 51.4 Å². The lowest BCUT2D eigenvalue weighted by Crippen LogP contribution is -2.28. The van der Waals surface area contributed by atoms with E-state index in [9.17, 15) is 0 Å². The summed E-state index contributed by atoms with van der Waals surface area (Å²) in [4.78, 5) is 0. The molecule has 19 heavy (non-hydrogen) atoms. The third kappa shape index (κ3) is 3.13. The topological polar surface area (TPSA) is 18.5 Å². The van der Waals surface area contributed by atoms with E-state index in [1.165, 1.54) is 5.56 Å². The Kier molecular flexibility index (Phi) is 4.24. The minimum atomic E-state index is -0.655. The zero-order valence-corrected chi connectivity index (χ0v) is 13.0. The Balaban J connectivity index is 2.28. The minimum absolute atomic E-state index is 0.116. The molecule has 1 aliphatic heterocycles. The van der Waals surface area contributed by atoms with Crippen LogP contribution in [0.5, 0.6) is 0 Å². The van der Waals surface area contributed by atoms with E-state index in [4.69, 9.17) is 21.1 Å². The molecule has 0 spiro atoms. The van der Waals surface area contributed by atoms with Crippen molar-refractivity contribution < 1.29 is 9.47 Å². The molecule has 0 radical (unpaired) electrons. The van der Waals surface area contributed by atoms with E-state index in [1.54, 1.807) is 0 Å². The SMILES string of the molecule is CC1COC(CCCl)(c2ccc(C(C)(C)C)cc2)O1. The van der Waals surface area contributed by atoms with E-state index >= 15 is 0 Å². The largest absolute Gasteiger partial charge is 0.343 e. The average Bonchev–Trinajstić information content (AvgIpc) is 2.72. The lowest BCUT2D eigenvalue weighted by Gasteiger charge is -2.28. The summed E-state index contributed by atoms with van der Waals surface area (Å²) in [6, 6.07) is 8.51. The maximum absolute atomic E-state index is 5.99. The molecule has 1 heterocycles. The van der Waals surface area contributed by atoms with Gasteiger partial charge in [-0.1, -0.05) is 45.0 Å². The first-order chi connectivity index (χ1) is 8.87. The van der Waals surface area contributed by atoms with Crippen molar-refractivity contribution in [3.8, 4) is 0 Å². The molecule has 1 aliphatic rings. The van der Waals surface area contributed by atoms with E-state index < -0.39 is 5.79 Å². The number of rotatable bonds is 3. The Labute approximate surface area is 121 Å². The molecule has 0 aromatic heterocycles. The van der Waals surface area contributed by atoms with Gasteiger partial charge in [0.1, 0.15) is 0 Å². The zero-order chi connectivity index (χ0) is 14.1. The smallest absolute Gasteiger partial charge is 0.196 e. The fourth-order valence-electron chi connectivity index (χ4n) is 2.42. The first-order valence-corrected chi connectivity index (χ1v) is 7.39. The fraction of sp³-hybridized carbons (Fsp3) is 0.625. The molecule has 1 aromatic carbocycles. The highest BCUT2D eigenvalue weighted by molar-refractivity contribution is 6.17. The van der Waals surface area contributed by atoms with Crippen molar-refractivity contribution in [3.63, 3.8) is 0 Å². The highest BCUT2D eigenvalue weighted by atomic mass is 35.5. The summed E-state index contributed by atoms with van der Waals surface area (Å²) in [5.74, 6) is -0.134. The normalized spacial score (nSPS) is 27.7. The van der Waals surface area contributed by atoms with Gasteiger partial charge in [-0.05, 0) is 17.9 Å². The summed E-state index contributed by atoms with van der Waals surface area (Å²) in [6.45, 7) is 9.28. The molecule has 1 fully saturated rings. The third-order valence-electron chi connectivity index (χ3n) is 3.56. The van der Waals surface area contributed by atoms with Crippen LogP contribution in [0.4, 0.5) is 0 Å². The second-order valence-electron chi connectivity index (χ2n) is 6.26. The molecular weight excluding hydrogens is 260 g/mol. The molecule has 106 valence electrons. The van der Waals surface area contributed by atoms with E-state index in [0.717, 1.165) is 5.56 Å². The summed E-state index contributed by atoms with van der Waals surface area (Å²) >= 11 is 5.91. The number of alkyl halides is 1. The van der Waals surface area contributed by atoms with Gasteiger partial charge in [0.15, 0.2) is 5.79 Å². The number of ether oxygens (including phenoxy) is 2. The van der Waals surface area contributed by atoms with Gasteiger partial charge < -0.3 is 9.47 Å². The highest BCUT2D eigenvalue weighted by Crippen LogP contribution is 2.38. The Hall–Kier alpha value is -0.570. The van der Waals surface area contributed by atoms with Crippen molar-refractivity contribution in [1.29, 1.82) is 0 Å². The number of hydrogen-bond donors (Lipinski definition) is 0. The van der Waals surface area contributed by atoms with Crippen LogP contribution in [-0.2, 0) is 20.7 Å². The predicted octanol–water partition coefficient (Wildman–Crippen LogP) is 4.20. The van der Waals surface area contributed by atoms with Crippen molar-refractivity contribution in [2.24, 2.45) is 0 Å². The predicted molar refractivity (Wildman–Crippen MR) is 78.7 cm³/mol. The van der Waals surface area contributed by atoms with Crippen LogP contribution in [-0.4, -0.2) is 18.6 Å². The molecule has 3 heteroatoms. The Morgan fingerprint density at radius 2 is 1.89 bits per heavy atom. The Bertz CT molecular complexity index is 417. The Morgan fingerprint density at radius 3 is 2.32 bits per heavy atom. The van der Waals surface area contributed by atoms with Gasteiger partial charge in [0.25, 0.3) is 0 Å². The van der Waals surface area contributed by atoms with Gasteiger partial charge in [0.2, 0.25) is 0 Å². The molecular formula is C16H23ClO2. The summed E-state index contributed by atoms with van der Waals surface area (Å²) < 4.78 is 11.9. The first kappa shape index (κ1) is 14.8. The van der Waals surface area contributed by atoms with Crippen LogP contribution in [0.3, 0.4) is 0 Å². The molecule has 1 saturated heterocycles. The van der Waals surface area contributed by atoms with Gasteiger partial charge in [-0.15, -0.1) is 11.6 Å². The highest BCUT2D eigenvalue weighted by Gasteiger charge is 2.41. The third-order valence-corrected chi connectivity index (χ3v) is 3.75. The minimum Gasteiger partial charge on any atom is -0.343 e. The van der Waals surface area contributed by atoms with Crippen molar-refractivity contribution in [1.82, 2.24) is 0 Å². The quantitative estimate of drug-likeness (QED) is 0.774. The zero-order valence-electron chi connectivity index (χ0n) is 12.2. The molecule has 0 amide bonds. The first-order valence-electron chi connectivity index (χ1n) is 6.86. The lowest BCUT2D eigenvalue weighted by molar-refractivity contribution is -0.176. The van der Waals surface area contributed by atoms with E-state index in [2.05, 4.69) is 45.0 Å². The van der Waals surface area contributed by atoms with Crippen LogP contribution in [0.25, 0.3) is 0 Å². The molecule has 2 unspecified atom stereocenters. The van der Waals surface area contributed by atoms with Gasteiger partial charge in [-0.3, -0.25) is 0 Å². The molecule has 2 atom stereocenters. The molecule has 0 aliphatic carbocycles. The summed E-state index contributed by atoms with van der Waals surface area (Å²) in [7, 11) is 0. The molecule has 2 rings (SSSR count). The van der Waals surface area contributed by atoms with E-state index in [1.807, 2.05) is 6.92 Å². The van der Waals surface area contributed by atoms with Gasteiger partial charge in [-0.25, -0.2) is 0 Å². The average molecular weight is 283 g/mol. The molecule has 2 nitrogen and oxygen atoms in total. The van der Waals surface area contributed by atoms with Gasteiger partial charge in [0.05, 0.1) is 12.7 Å². The maximum Gasteiger partial charge on any atom is 0.196 e. The van der Waals surface area contributed by atoms with Crippen LogP contribution in [0.15, 0.2) is 24.3 Å². The van der Waals surface area contributed by atoms with Crippen molar-refractivity contribution in [2.75, 3.05) is 12.5 Å². The summed E-state index contributed by atoms with van der Waals surface area (Å²) in [5.41, 5.74) is 2.52. The van der Waals surface area contributed by atoms with Crippen molar-refractivity contribution >= 4 is 11.6 Å². The van der Waals surface area contributed by atoms with Crippen molar-refractivity contribution in [3.05, 3.63) is 35.4 Å². The molecule has 0 bridgehead atoms. The van der Waals surface area contributed by atoms with Gasteiger partial charge in [0, 0.05) is 17.9 Å². The number of halogens is 1. The van der Waals surface area contributed by atoms with E-state index in [-0.39, 0.29) is 11.5 Å². The lowest BCUT2D eigenvalue weighted by atomic mass is 9.86. The van der Waals surface area contributed by atoms with Gasteiger partial charge in [-0.2, -0.15) is 0 Å². The van der Waals surface area contributed by atoms with Crippen LogP contribution in [0.2, 0.25) is 0 Å². The molecule has 0 N–H and O–H groups in total. The Morgan fingerprint density at radius 1 is 1.26 bits per heavy atom. The second kappa shape index (κ2) is 5.43. The van der Waals surface area contributed by atoms with Crippen LogP contribution in [0, 0.1) is 0 Å². The van der Waals surface area contributed by atoms with Crippen LogP contribution >= 0.6 is 11.6 Å². The van der Waals surface area contributed by atoms with E-state index in [0.29, 0.717) is 18.9 Å².